The highest BCUT2D eigenvalue weighted by molar-refractivity contribution is 8.00. The first-order valence-corrected chi connectivity index (χ1v) is 10.2. The van der Waals surface area contributed by atoms with Crippen LogP contribution in [0.4, 0.5) is 0 Å². The number of hydrogen-bond acceptors (Lipinski definition) is 6. The monoisotopic (exact) mass is 391 g/mol. The number of piperazine rings is 1. The van der Waals surface area contributed by atoms with Crippen LogP contribution >= 0.6 is 11.8 Å². The Kier molecular flexibility index (Phi) is 8.50. The van der Waals surface area contributed by atoms with E-state index in [0.29, 0.717) is 12.3 Å². The zero-order valence-electron chi connectivity index (χ0n) is 16.3. The number of nitrogens with one attached hydrogen (secondary N) is 1. The number of aliphatic hydroxyl groups excluding tert-OH is 1. The number of amides is 1. The van der Waals surface area contributed by atoms with Crippen LogP contribution in [0.3, 0.4) is 0 Å². The second-order valence-corrected chi connectivity index (χ2v) is 7.84. The van der Waals surface area contributed by atoms with Crippen molar-refractivity contribution < 1.29 is 14.7 Å². The van der Waals surface area contributed by atoms with E-state index in [-0.39, 0.29) is 18.3 Å². The molecule has 148 valence electrons. The molecule has 0 bridgehead atoms. The van der Waals surface area contributed by atoms with E-state index in [2.05, 4.69) is 16.4 Å². The van der Waals surface area contributed by atoms with Gasteiger partial charge in [-0.2, -0.15) is 0 Å². The SMILES string of the molecule is CC(=O)C=C(C)c1ccc(SCC(=O)NN2CCN(CCO)CC2)cc1C. The first-order chi connectivity index (χ1) is 12.9. The fourth-order valence-electron chi connectivity index (χ4n) is 3.13. The second-order valence-electron chi connectivity index (χ2n) is 6.79. The van der Waals surface area contributed by atoms with Crippen molar-refractivity contribution >= 4 is 29.0 Å². The van der Waals surface area contributed by atoms with Crippen molar-refractivity contribution in [3.63, 3.8) is 0 Å². The van der Waals surface area contributed by atoms with Crippen LogP contribution < -0.4 is 5.43 Å². The van der Waals surface area contributed by atoms with Crippen molar-refractivity contribution in [2.75, 3.05) is 45.1 Å². The first kappa shape index (κ1) is 21.6. The zero-order chi connectivity index (χ0) is 19.8. The quantitative estimate of drug-likeness (QED) is 0.519. The largest absolute Gasteiger partial charge is 0.395 e. The van der Waals surface area contributed by atoms with Gasteiger partial charge in [-0.3, -0.25) is 19.9 Å². The van der Waals surface area contributed by atoms with Gasteiger partial charge in [-0.15, -0.1) is 11.8 Å². The Morgan fingerprint density at radius 2 is 1.93 bits per heavy atom. The molecule has 7 heteroatoms. The van der Waals surface area contributed by atoms with E-state index in [0.717, 1.165) is 47.8 Å². The number of ketones is 1. The van der Waals surface area contributed by atoms with E-state index >= 15 is 0 Å². The predicted molar refractivity (Wildman–Crippen MR) is 109 cm³/mol. The standard InChI is InChI=1S/C20H29N3O3S/c1-15(12-17(3)25)19-5-4-18(13-16(19)2)27-14-20(26)21-23-8-6-22(7-9-23)10-11-24/h4-5,12-13,24H,6-11,14H2,1-3H3,(H,21,26). The van der Waals surface area contributed by atoms with Crippen molar-refractivity contribution in [1.29, 1.82) is 0 Å². The molecule has 1 aromatic carbocycles. The number of thioether (sulfide) groups is 1. The van der Waals surface area contributed by atoms with E-state index in [1.165, 1.54) is 11.8 Å². The maximum absolute atomic E-state index is 12.2. The lowest BCUT2D eigenvalue weighted by molar-refractivity contribution is -0.124. The van der Waals surface area contributed by atoms with Gasteiger partial charge in [-0.25, -0.2) is 5.01 Å². The molecule has 0 unspecified atom stereocenters. The third kappa shape index (κ3) is 7.10. The van der Waals surface area contributed by atoms with E-state index in [1.54, 1.807) is 13.0 Å². The Morgan fingerprint density at radius 1 is 1.22 bits per heavy atom. The summed E-state index contributed by atoms with van der Waals surface area (Å²) < 4.78 is 0. The minimum Gasteiger partial charge on any atom is -0.395 e. The van der Waals surface area contributed by atoms with Gasteiger partial charge in [0, 0.05) is 37.6 Å². The average Bonchev–Trinajstić information content (AvgIpc) is 2.61. The minimum atomic E-state index is -0.00926. The molecule has 1 saturated heterocycles. The normalized spacial score (nSPS) is 16.4. The number of carbonyl (C=O) groups is 2. The molecule has 0 spiro atoms. The molecule has 27 heavy (non-hydrogen) atoms. The Bertz CT molecular complexity index is 698. The lowest BCUT2D eigenvalue weighted by atomic mass is 10.0. The molecule has 0 saturated carbocycles. The molecule has 0 radical (unpaired) electrons. The van der Waals surface area contributed by atoms with Crippen LogP contribution in [0.25, 0.3) is 5.57 Å². The van der Waals surface area contributed by atoms with Crippen LogP contribution in [0.5, 0.6) is 0 Å². The van der Waals surface area contributed by atoms with Crippen molar-refractivity contribution in [3.05, 3.63) is 35.4 Å². The van der Waals surface area contributed by atoms with E-state index in [1.807, 2.05) is 31.0 Å². The predicted octanol–water partition coefficient (Wildman–Crippen LogP) is 1.72. The van der Waals surface area contributed by atoms with Gasteiger partial charge < -0.3 is 5.11 Å². The summed E-state index contributed by atoms with van der Waals surface area (Å²) in [5, 5.41) is 10.9. The van der Waals surface area contributed by atoms with E-state index in [9.17, 15) is 9.59 Å². The number of aliphatic hydroxyl groups is 1. The Balaban J connectivity index is 1.82. The van der Waals surface area contributed by atoms with E-state index in [4.69, 9.17) is 5.11 Å². The second kappa shape index (κ2) is 10.6. The third-order valence-corrected chi connectivity index (χ3v) is 5.48. The maximum Gasteiger partial charge on any atom is 0.244 e. The van der Waals surface area contributed by atoms with E-state index < -0.39 is 0 Å². The number of hydrazine groups is 1. The highest BCUT2D eigenvalue weighted by Crippen LogP contribution is 2.25. The van der Waals surface area contributed by atoms with Gasteiger partial charge in [0.2, 0.25) is 5.91 Å². The highest BCUT2D eigenvalue weighted by atomic mass is 32.2. The van der Waals surface area contributed by atoms with Crippen LogP contribution in [0.2, 0.25) is 0 Å². The summed E-state index contributed by atoms with van der Waals surface area (Å²) in [7, 11) is 0. The van der Waals surface area contributed by atoms with Crippen LogP contribution in [0.15, 0.2) is 29.2 Å². The summed E-state index contributed by atoms with van der Waals surface area (Å²) >= 11 is 1.51. The molecule has 0 aromatic heterocycles. The summed E-state index contributed by atoms with van der Waals surface area (Å²) in [5.74, 6) is 0.391. The van der Waals surface area contributed by atoms with Crippen molar-refractivity contribution in [2.24, 2.45) is 0 Å². The molecule has 1 aromatic rings. The van der Waals surface area contributed by atoms with Gasteiger partial charge in [0.1, 0.15) is 0 Å². The first-order valence-electron chi connectivity index (χ1n) is 9.19. The summed E-state index contributed by atoms with van der Waals surface area (Å²) in [4.78, 5) is 26.7. The lowest BCUT2D eigenvalue weighted by Gasteiger charge is -2.34. The summed E-state index contributed by atoms with van der Waals surface area (Å²) in [6, 6.07) is 6.05. The van der Waals surface area contributed by atoms with Crippen LogP contribution in [-0.4, -0.2) is 71.8 Å². The van der Waals surface area contributed by atoms with Crippen LogP contribution in [-0.2, 0) is 9.59 Å². The molecule has 1 heterocycles. The summed E-state index contributed by atoms with van der Waals surface area (Å²) in [5.41, 5.74) is 6.06. The molecule has 2 rings (SSSR count). The number of rotatable bonds is 8. The highest BCUT2D eigenvalue weighted by Gasteiger charge is 2.17. The number of carbonyl (C=O) groups excluding carboxylic acids is 2. The topological polar surface area (TPSA) is 72.9 Å². The summed E-state index contributed by atoms with van der Waals surface area (Å²) in [6.45, 7) is 9.60. The number of benzene rings is 1. The van der Waals surface area contributed by atoms with Gasteiger partial charge in [-0.1, -0.05) is 6.07 Å². The number of β-amino-alcohol motifs (C(OH)–C–C–N with tert-alkyl or cyclic N) is 1. The molecule has 1 aliphatic heterocycles. The minimum absolute atomic E-state index is 0.00926. The number of allylic oxidation sites excluding steroid dienone is 2. The summed E-state index contributed by atoms with van der Waals surface area (Å²) in [6.07, 6.45) is 1.64. The fourth-order valence-corrected chi connectivity index (χ4v) is 3.92. The van der Waals surface area contributed by atoms with Gasteiger partial charge in [0.25, 0.3) is 0 Å². The molecule has 1 fully saturated rings. The number of hydrogen-bond donors (Lipinski definition) is 2. The van der Waals surface area contributed by atoms with Gasteiger partial charge in [0.05, 0.1) is 12.4 Å². The van der Waals surface area contributed by atoms with Gasteiger partial charge in [0.15, 0.2) is 5.78 Å². The smallest absolute Gasteiger partial charge is 0.244 e. The Morgan fingerprint density at radius 3 is 2.52 bits per heavy atom. The molecule has 1 amide bonds. The number of nitrogens with zero attached hydrogens (tertiary/aromatic N) is 2. The Hall–Kier alpha value is -1.67. The van der Waals surface area contributed by atoms with Gasteiger partial charge >= 0.3 is 0 Å². The Labute approximate surface area is 165 Å². The maximum atomic E-state index is 12.2. The molecular weight excluding hydrogens is 362 g/mol. The molecule has 2 N–H and O–H groups in total. The fraction of sp³-hybridized carbons (Fsp3) is 0.500. The molecule has 6 nitrogen and oxygen atoms in total. The van der Waals surface area contributed by atoms with Crippen molar-refractivity contribution in [3.8, 4) is 0 Å². The number of aryl methyl sites for hydroxylation is 1. The van der Waals surface area contributed by atoms with Gasteiger partial charge in [-0.05, 0) is 55.7 Å². The molecule has 0 atom stereocenters. The van der Waals surface area contributed by atoms with Crippen LogP contribution in [0, 0.1) is 6.92 Å². The van der Waals surface area contributed by atoms with Crippen molar-refractivity contribution in [2.45, 2.75) is 25.7 Å². The third-order valence-electron chi connectivity index (χ3n) is 4.48. The molecular formula is C20H29N3O3S. The molecule has 0 aliphatic carbocycles. The lowest BCUT2D eigenvalue weighted by Crippen LogP contribution is -2.54. The zero-order valence-corrected chi connectivity index (χ0v) is 17.1. The molecule has 1 aliphatic rings. The average molecular weight is 392 g/mol. The van der Waals surface area contributed by atoms with Crippen molar-refractivity contribution in [1.82, 2.24) is 15.3 Å². The van der Waals surface area contributed by atoms with Crippen LogP contribution in [0.1, 0.15) is 25.0 Å².